The van der Waals surface area contributed by atoms with Crippen LogP contribution in [0.2, 0.25) is 0 Å². The molecule has 2 N–H and O–H groups in total. The molecule has 0 saturated heterocycles. The van der Waals surface area contributed by atoms with Gasteiger partial charge in [-0.15, -0.1) is 0 Å². The minimum Gasteiger partial charge on any atom is -0.370 e. The molecule has 3 atom stereocenters. The van der Waals surface area contributed by atoms with E-state index in [0.29, 0.717) is 5.92 Å². The van der Waals surface area contributed by atoms with Crippen molar-refractivity contribution in [3.8, 4) is 0 Å². The first-order valence-electron chi connectivity index (χ1n) is 5.63. The third-order valence-corrected chi connectivity index (χ3v) is 5.09. The quantitative estimate of drug-likeness (QED) is 0.749. The van der Waals surface area contributed by atoms with Gasteiger partial charge in [0.15, 0.2) is 0 Å². The number of amides is 1. The zero-order valence-corrected chi connectivity index (χ0v) is 9.67. The standard InChI is InChI=1S/C12H19NO2/c1-11(2)8-4-5-12(11,3)10(15)7(8)6-9(13)14/h7-8H,4-6H2,1-3H3,(H2,13,14)/t7-,8-,12-/m1/s1. The van der Waals surface area contributed by atoms with E-state index >= 15 is 0 Å². The summed E-state index contributed by atoms with van der Waals surface area (Å²) in [6, 6.07) is 0. The molecule has 2 fully saturated rings. The minimum atomic E-state index is -0.347. The number of rotatable bonds is 2. The van der Waals surface area contributed by atoms with Crippen LogP contribution < -0.4 is 5.73 Å². The van der Waals surface area contributed by atoms with Gasteiger partial charge in [0.1, 0.15) is 5.78 Å². The van der Waals surface area contributed by atoms with Gasteiger partial charge in [-0.25, -0.2) is 0 Å². The summed E-state index contributed by atoms with van der Waals surface area (Å²) < 4.78 is 0. The summed E-state index contributed by atoms with van der Waals surface area (Å²) in [4.78, 5) is 23.2. The first-order chi connectivity index (χ1) is 6.80. The summed E-state index contributed by atoms with van der Waals surface area (Å²) in [5.74, 6) is 0.154. The zero-order valence-electron chi connectivity index (χ0n) is 9.67. The average molecular weight is 209 g/mol. The zero-order chi connectivity index (χ0) is 11.4. The van der Waals surface area contributed by atoms with Gasteiger partial charge < -0.3 is 5.73 Å². The fourth-order valence-electron chi connectivity index (χ4n) is 3.72. The highest BCUT2D eigenvalue weighted by atomic mass is 16.1. The molecular weight excluding hydrogens is 190 g/mol. The van der Waals surface area contributed by atoms with Crippen molar-refractivity contribution in [1.29, 1.82) is 0 Å². The van der Waals surface area contributed by atoms with Crippen LogP contribution in [0.15, 0.2) is 0 Å². The van der Waals surface area contributed by atoms with E-state index in [2.05, 4.69) is 20.8 Å². The van der Waals surface area contributed by atoms with Gasteiger partial charge in [0.05, 0.1) is 0 Å². The summed E-state index contributed by atoms with van der Waals surface area (Å²) in [5, 5.41) is 0. The number of carbonyl (C=O) groups is 2. The summed E-state index contributed by atoms with van der Waals surface area (Å²) in [6.45, 7) is 6.36. The molecule has 0 unspecified atom stereocenters. The third kappa shape index (κ3) is 1.12. The van der Waals surface area contributed by atoms with Crippen LogP contribution in [0.3, 0.4) is 0 Å². The fourth-order valence-corrected chi connectivity index (χ4v) is 3.72. The second-order valence-corrected chi connectivity index (χ2v) is 5.84. The molecule has 2 rings (SSSR count). The van der Waals surface area contributed by atoms with Crippen molar-refractivity contribution in [3.63, 3.8) is 0 Å². The number of fused-ring (bicyclic) bond motifs is 2. The molecule has 84 valence electrons. The van der Waals surface area contributed by atoms with Gasteiger partial charge >= 0.3 is 0 Å². The van der Waals surface area contributed by atoms with Crippen molar-refractivity contribution < 1.29 is 9.59 Å². The van der Waals surface area contributed by atoms with Crippen molar-refractivity contribution in [3.05, 3.63) is 0 Å². The van der Waals surface area contributed by atoms with Gasteiger partial charge in [0, 0.05) is 17.8 Å². The van der Waals surface area contributed by atoms with Crippen molar-refractivity contribution >= 4 is 11.7 Å². The molecular formula is C12H19NO2. The Labute approximate surface area is 90.4 Å². The second-order valence-electron chi connectivity index (χ2n) is 5.84. The maximum atomic E-state index is 12.2. The number of carbonyl (C=O) groups excluding carboxylic acids is 2. The predicted octanol–water partition coefficient (Wildman–Crippen LogP) is 1.50. The highest BCUT2D eigenvalue weighted by molar-refractivity contribution is 5.94. The van der Waals surface area contributed by atoms with Gasteiger partial charge in [-0.05, 0) is 24.2 Å². The molecule has 3 nitrogen and oxygen atoms in total. The molecule has 2 bridgehead atoms. The van der Waals surface area contributed by atoms with Crippen LogP contribution in [0, 0.1) is 22.7 Å². The molecule has 0 heterocycles. The Morgan fingerprint density at radius 3 is 2.47 bits per heavy atom. The van der Waals surface area contributed by atoms with E-state index in [9.17, 15) is 9.59 Å². The van der Waals surface area contributed by atoms with E-state index in [1.54, 1.807) is 0 Å². The maximum Gasteiger partial charge on any atom is 0.218 e. The summed E-state index contributed by atoms with van der Waals surface area (Å²) >= 11 is 0. The van der Waals surface area contributed by atoms with Crippen LogP contribution in [-0.2, 0) is 9.59 Å². The molecule has 15 heavy (non-hydrogen) atoms. The fraction of sp³-hybridized carbons (Fsp3) is 0.833. The van der Waals surface area contributed by atoms with Crippen LogP contribution in [0.25, 0.3) is 0 Å². The van der Waals surface area contributed by atoms with Gasteiger partial charge in [-0.3, -0.25) is 9.59 Å². The van der Waals surface area contributed by atoms with Crippen LogP contribution in [-0.4, -0.2) is 11.7 Å². The van der Waals surface area contributed by atoms with E-state index in [0.717, 1.165) is 12.8 Å². The first-order valence-corrected chi connectivity index (χ1v) is 5.63. The highest BCUT2D eigenvalue weighted by Gasteiger charge is 2.65. The van der Waals surface area contributed by atoms with Crippen LogP contribution in [0.5, 0.6) is 0 Å². The van der Waals surface area contributed by atoms with Crippen molar-refractivity contribution in [2.75, 3.05) is 0 Å². The van der Waals surface area contributed by atoms with E-state index < -0.39 is 0 Å². The molecule has 2 aliphatic rings. The van der Waals surface area contributed by atoms with Crippen molar-refractivity contribution in [2.24, 2.45) is 28.4 Å². The van der Waals surface area contributed by atoms with Gasteiger partial charge in [0.2, 0.25) is 5.91 Å². The first kappa shape index (κ1) is 10.7. The smallest absolute Gasteiger partial charge is 0.218 e. The minimum absolute atomic E-state index is 0.0319. The molecule has 0 aromatic rings. The van der Waals surface area contributed by atoms with Crippen molar-refractivity contribution in [2.45, 2.75) is 40.0 Å². The van der Waals surface area contributed by atoms with E-state index in [4.69, 9.17) is 5.73 Å². The summed E-state index contributed by atoms with van der Waals surface area (Å²) in [6.07, 6.45) is 2.27. The highest BCUT2D eigenvalue weighted by Crippen LogP contribution is 2.66. The molecule has 0 aliphatic heterocycles. The predicted molar refractivity (Wildman–Crippen MR) is 56.9 cm³/mol. The Morgan fingerprint density at radius 1 is 1.47 bits per heavy atom. The second kappa shape index (κ2) is 2.83. The SMILES string of the molecule is CC1(C)[C@@H]2CC[C@]1(C)C(=O)[C@@H]2CC(N)=O. The van der Waals surface area contributed by atoms with Crippen molar-refractivity contribution in [1.82, 2.24) is 0 Å². The molecule has 2 saturated carbocycles. The van der Waals surface area contributed by atoms with Crippen LogP contribution >= 0.6 is 0 Å². The lowest BCUT2D eigenvalue weighted by Gasteiger charge is -2.32. The lowest BCUT2D eigenvalue weighted by Crippen LogP contribution is -2.34. The lowest BCUT2D eigenvalue weighted by molar-refractivity contribution is -0.134. The maximum absolute atomic E-state index is 12.2. The van der Waals surface area contributed by atoms with E-state index in [-0.39, 0.29) is 34.9 Å². The average Bonchev–Trinajstić information content (AvgIpc) is 2.40. The Balaban J connectivity index is 2.34. The number of hydrogen-bond acceptors (Lipinski definition) is 2. The number of primary amides is 1. The van der Waals surface area contributed by atoms with Crippen LogP contribution in [0.4, 0.5) is 0 Å². The van der Waals surface area contributed by atoms with Gasteiger partial charge in [-0.1, -0.05) is 20.8 Å². The molecule has 1 amide bonds. The Hall–Kier alpha value is -0.860. The Morgan fingerprint density at radius 2 is 2.07 bits per heavy atom. The van der Waals surface area contributed by atoms with Crippen LogP contribution in [0.1, 0.15) is 40.0 Å². The Bertz CT molecular complexity index is 335. The monoisotopic (exact) mass is 209 g/mol. The normalized spacial score (nSPS) is 42.2. The molecule has 0 spiro atoms. The summed E-state index contributed by atoms with van der Waals surface area (Å²) in [5.41, 5.74) is 5.01. The van der Waals surface area contributed by atoms with Gasteiger partial charge in [-0.2, -0.15) is 0 Å². The molecule has 0 radical (unpaired) electrons. The molecule has 2 aliphatic carbocycles. The third-order valence-electron chi connectivity index (χ3n) is 5.09. The topological polar surface area (TPSA) is 60.2 Å². The molecule has 0 aromatic heterocycles. The number of nitrogens with two attached hydrogens (primary N) is 1. The molecule has 3 heteroatoms. The number of hydrogen-bond donors (Lipinski definition) is 1. The lowest BCUT2D eigenvalue weighted by atomic mass is 9.70. The number of Topliss-reactive ketones (excluding diaryl/α,β-unsaturated/α-hetero) is 1. The van der Waals surface area contributed by atoms with E-state index in [1.165, 1.54) is 0 Å². The Kier molecular flexibility index (Phi) is 2.01. The number of ketones is 1. The van der Waals surface area contributed by atoms with E-state index in [1.807, 2.05) is 0 Å². The van der Waals surface area contributed by atoms with Gasteiger partial charge in [0.25, 0.3) is 0 Å². The largest absolute Gasteiger partial charge is 0.370 e. The molecule has 0 aromatic carbocycles. The summed E-state index contributed by atoms with van der Waals surface area (Å²) in [7, 11) is 0.